The maximum Gasteiger partial charge on any atom is 0.416 e. The first-order valence-electron chi connectivity index (χ1n) is 10.8. The molecule has 0 fully saturated rings. The van der Waals surface area contributed by atoms with Crippen molar-refractivity contribution in [3.8, 4) is 5.75 Å². The van der Waals surface area contributed by atoms with Gasteiger partial charge in [0.1, 0.15) is 5.75 Å². The molecule has 1 amide bonds. The molecule has 1 heterocycles. The van der Waals surface area contributed by atoms with Gasteiger partial charge in [-0.15, -0.1) is 0 Å². The summed E-state index contributed by atoms with van der Waals surface area (Å²) in [5.41, 5.74) is -1.41. The number of carboxylic acid groups (broad SMARTS) is 1. The standard InChI is InChI=1S/C25H27F3N2O4/c1-23(2)20(29-30(21(23)31)18-9-6-8-17(15-18)25(26,27)28)10-5-7-16-11-13-19(14-12-16)34-24(3,4)22(32)33/h6,8-9,11-15H,5,7,10H2,1-4H3,(H,32,33). The summed E-state index contributed by atoms with van der Waals surface area (Å²) < 4.78 is 44.7. The largest absolute Gasteiger partial charge is 0.478 e. The zero-order chi connectivity index (χ0) is 25.3. The Kier molecular flexibility index (Phi) is 6.78. The van der Waals surface area contributed by atoms with E-state index in [1.165, 1.54) is 26.0 Å². The van der Waals surface area contributed by atoms with E-state index in [2.05, 4.69) is 5.10 Å². The number of halogens is 3. The quantitative estimate of drug-likeness (QED) is 0.530. The van der Waals surface area contributed by atoms with Gasteiger partial charge in [0.15, 0.2) is 5.60 Å². The predicted molar refractivity (Wildman–Crippen MR) is 122 cm³/mol. The summed E-state index contributed by atoms with van der Waals surface area (Å²) >= 11 is 0. The number of carbonyl (C=O) groups excluding carboxylic acids is 1. The van der Waals surface area contributed by atoms with Crippen LogP contribution in [0.15, 0.2) is 53.6 Å². The first-order valence-corrected chi connectivity index (χ1v) is 10.8. The number of carbonyl (C=O) groups is 2. The Morgan fingerprint density at radius 3 is 2.32 bits per heavy atom. The molecule has 0 aromatic heterocycles. The fourth-order valence-electron chi connectivity index (χ4n) is 3.55. The first-order chi connectivity index (χ1) is 15.7. The van der Waals surface area contributed by atoms with Crippen molar-refractivity contribution in [3.63, 3.8) is 0 Å². The van der Waals surface area contributed by atoms with Crippen molar-refractivity contribution in [1.29, 1.82) is 0 Å². The Morgan fingerprint density at radius 1 is 1.09 bits per heavy atom. The molecular weight excluding hydrogens is 449 g/mol. The fourth-order valence-corrected chi connectivity index (χ4v) is 3.55. The Morgan fingerprint density at radius 2 is 1.74 bits per heavy atom. The number of hydrazone groups is 1. The molecule has 0 atom stereocenters. The Hall–Kier alpha value is -3.36. The van der Waals surface area contributed by atoms with E-state index in [4.69, 9.17) is 9.84 Å². The molecule has 182 valence electrons. The van der Waals surface area contributed by atoms with Gasteiger partial charge in [-0.05, 0) is 82.9 Å². The molecule has 0 radical (unpaired) electrons. The highest BCUT2D eigenvalue weighted by Gasteiger charge is 2.43. The normalized spacial score (nSPS) is 15.9. The minimum absolute atomic E-state index is 0.0859. The van der Waals surface area contributed by atoms with Gasteiger partial charge in [-0.25, -0.2) is 4.79 Å². The first kappa shape index (κ1) is 25.3. The number of benzene rings is 2. The van der Waals surface area contributed by atoms with Crippen LogP contribution in [0.3, 0.4) is 0 Å². The summed E-state index contributed by atoms with van der Waals surface area (Å²) in [5.74, 6) is -0.991. The Bertz CT molecular complexity index is 1110. The van der Waals surface area contributed by atoms with Crippen molar-refractivity contribution in [2.24, 2.45) is 10.5 Å². The third-order valence-electron chi connectivity index (χ3n) is 5.78. The number of aliphatic carboxylic acids is 1. The number of rotatable bonds is 8. The van der Waals surface area contributed by atoms with Crippen LogP contribution in [0.25, 0.3) is 0 Å². The maximum absolute atomic E-state index is 13.1. The fraction of sp³-hybridized carbons (Fsp3) is 0.400. The van der Waals surface area contributed by atoms with E-state index in [9.17, 15) is 22.8 Å². The van der Waals surface area contributed by atoms with E-state index in [1.807, 2.05) is 12.1 Å². The van der Waals surface area contributed by atoms with Gasteiger partial charge in [-0.3, -0.25) is 4.79 Å². The lowest BCUT2D eigenvalue weighted by atomic mass is 9.84. The van der Waals surface area contributed by atoms with Gasteiger partial charge in [-0.1, -0.05) is 18.2 Å². The summed E-state index contributed by atoms with van der Waals surface area (Å²) in [4.78, 5) is 24.1. The van der Waals surface area contributed by atoms with Crippen molar-refractivity contribution >= 4 is 23.3 Å². The molecule has 1 aliphatic heterocycles. The molecule has 0 spiro atoms. The molecule has 34 heavy (non-hydrogen) atoms. The van der Waals surface area contributed by atoms with Crippen molar-refractivity contribution in [1.82, 2.24) is 0 Å². The van der Waals surface area contributed by atoms with Crippen molar-refractivity contribution < 1.29 is 32.6 Å². The summed E-state index contributed by atoms with van der Waals surface area (Å²) in [7, 11) is 0. The van der Waals surface area contributed by atoms with E-state index in [0.717, 1.165) is 22.7 Å². The number of aryl methyl sites for hydroxylation is 1. The second-order valence-electron chi connectivity index (χ2n) is 9.25. The van der Waals surface area contributed by atoms with Gasteiger partial charge in [0.2, 0.25) is 0 Å². The number of ether oxygens (including phenoxy) is 1. The molecular formula is C25H27F3N2O4. The molecule has 6 nitrogen and oxygen atoms in total. The number of hydrogen-bond acceptors (Lipinski definition) is 4. The van der Waals surface area contributed by atoms with Crippen molar-refractivity contribution in [2.45, 2.75) is 58.7 Å². The minimum atomic E-state index is -4.51. The van der Waals surface area contributed by atoms with Crippen LogP contribution in [0.1, 0.15) is 51.7 Å². The molecule has 0 saturated heterocycles. The zero-order valence-electron chi connectivity index (χ0n) is 19.4. The summed E-state index contributed by atoms with van der Waals surface area (Å²) in [6.45, 7) is 6.38. The van der Waals surface area contributed by atoms with Crippen LogP contribution in [-0.2, 0) is 22.2 Å². The van der Waals surface area contributed by atoms with Gasteiger partial charge in [0.05, 0.1) is 22.4 Å². The number of alkyl halides is 3. The molecule has 0 aliphatic carbocycles. The molecule has 0 saturated carbocycles. The highest BCUT2D eigenvalue weighted by molar-refractivity contribution is 6.18. The van der Waals surface area contributed by atoms with Crippen LogP contribution in [0.2, 0.25) is 0 Å². The topological polar surface area (TPSA) is 79.2 Å². The minimum Gasteiger partial charge on any atom is -0.478 e. The lowest BCUT2D eigenvalue weighted by Gasteiger charge is -2.21. The number of nitrogens with zero attached hydrogens (tertiary/aromatic N) is 2. The Labute approximate surface area is 196 Å². The predicted octanol–water partition coefficient (Wildman–Crippen LogP) is 5.70. The number of anilines is 1. The van der Waals surface area contributed by atoms with Crippen LogP contribution in [0, 0.1) is 5.41 Å². The van der Waals surface area contributed by atoms with E-state index in [1.54, 1.807) is 26.0 Å². The molecule has 0 bridgehead atoms. The van der Waals surface area contributed by atoms with Crippen LogP contribution in [0.5, 0.6) is 5.75 Å². The van der Waals surface area contributed by atoms with E-state index in [0.29, 0.717) is 30.7 Å². The smallest absolute Gasteiger partial charge is 0.416 e. The summed E-state index contributed by atoms with van der Waals surface area (Å²) in [6, 6.07) is 11.7. The third kappa shape index (κ3) is 5.40. The second kappa shape index (κ2) is 9.12. The summed E-state index contributed by atoms with van der Waals surface area (Å²) in [6.07, 6.45) is -2.66. The molecule has 1 aliphatic rings. The van der Waals surface area contributed by atoms with E-state index >= 15 is 0 Å². The molecule has 2 aromatic rings. The average Bonchev–Trinajstić information content (AvgIpc) is 2.98. The van der Waals surface area contributed by atoms with Gasteiger partial charge in [0.25, 0.3) is 5.91 Å². The van der Waals surface area contributed by atoms with Gasteiger partial charge < -0.3 is 9.84 Å². The average molecular weight is 476 g/mol. The number of carboxylic acids is 1. The van der Waals surface area contributed by atoms with Crippen molar-refractivity contribution in [3.05, 3.63) is 59.7 Å². The van der Waals surface area contributed by atoms with Gasteiger partial charge in [-0.2, -0.15) is 23.3 Å². The number of hydrogen-bond donors (Lipinski definition) is 1. The Balaban J connectivity index is 1.66. The van der Waals surface area contributed by atoms with Crippen LogP contribution < -0.4 is 9.75 Å². The van der Waals surface area contributed by atoms with Crippen LogP contribution in [0.4, 0.5) is 18.9 Å². The maximum atomic E-state index is 13.1. The van der Waals surface area contributed by atoms with Crippen molar-refractivity contribution in [2.75, 3.05) is 5.01 Å². The van der Waals surface area contributed by atoms with Crippen LogP contribution >= 0.6 is 0 Å². The molecule has 0 unspecified atom stereocenters. The zero-order valence-corrected chi connectivity index (χ0v) is 19.4. The third-order valence-corrected chi connectivity index (χ3v) is 5.78. The highest BCUT2D eigenvalue weighted by Crippen LogP contribution is 2.37. The highest BCUT2D eigenvalue weighted by atomic mass is 19.4. The molecule has 1 N–H and O–H groups in total. The molecule has 3 rings (SSSR count). The molecule has 2 aromatic carbocycles. The van der Waals surface area contributed by atoms with Gasteiger partial charge >= 0.3 is 12.1 Å². The van der Waals surface area contributed by atoms with E-state index in [-0.39, 0.29) is 11.6 Å². The van der Waals surface area contributed by atoms with Crippen LogP contribution in [-0.4, -0.2) is 28.3 Å². The number of amides is 1. The van der Waals surface area contributed by atoms with Gasteiger partial charge in [0, 0.05) is 0 Å². The summed E-state index contributed by atoms with van der Waals surface area (Å²) in [5, 5.41) is 14.6. The van der Waals surface area contributed by atoms with E-state index < -0.39 is 28.7 Å². The second-order valence-corrected chi connectivity index (χ2v) is 9.25. The molecule has 9 heteroatoms. The SMILES string of the molecule is CC(C)(Oc1ccc(CCCC2=NN(c3cccc(C(F)(F)F)c3)C(=O)C2(C)C)cc1)C(=O)O. The lowest BCUT2D eigenvalue weighted by Crippen LogP contribution is -2.37. The lowest BCUT2D eigenvalue weighted by molar-refractivity contribution is -0.152. The monoisotopic (exact) mass is 476 g/mol.